The summed E-state index contributed by atoms with van der Waals surface area (Å²) in [5.41, 5.74) is 3.19. The predicted molar refractivity (Wildman–Crippen MR) is 106 cm³/mol. The molecule has 0 bridgehead atoms. The van der Waals surface area contributed by atoms with Crippen LogP contribution in [-0.4, -0.2) is 29.4 Å². The van der Waals surface area contributed by atoms with Gasteiger partial charge in [0.1, 0.15) is 11.6 Å². The Morgan fingerprint density at radius 1 is 1.29 bits per heavy atom. The van der Waals surface area contributed by atoms with Crippen LogP contribution in [0.3, 0.4) is 0 Å². The molecule has 3 heterocycles. The van der Waals surface area contributed by atoms with E-state index in [2.05, 4.69) is 26.3 Å². The summed E-state index contributed by atoms with van der Waals surface area (Å²) < 4.78 is 3.30. The van der Waals surface area contributed by atoms with Crippen LogP contribution >= 0.6 is 11.8 Å². The van der Waals surface area contributed by atoms with E-state index in [1.165, 1.54) is 28.5 Å². The number of thioether (sulfide) groups is 1. The van der Waals surface area contributed by atoms with Crippen molar-refractivity contribution in [2.24, 2.45) is 0 Å². The maximum Gasteiger partial charge on any atom is 0.272 e. The molecule has 3 aromatic heterocycles. The van der Waals surface area contributed by atoms with E-state index in [4.69, 9.17) is 5.26 Å². The third kappa shape index (κ3) is 3.18. The molecule has 1 N–H and O–H groups in total. The molecular formula is C19H17N7OS. The number of nitriles is 1. The molecule has 0 atom stereocenters. The Hall–Kier alpha value is -3.38. The Kier molecular flexibility index (Phi) is 4.71. The lowest BCUT2D eigenvalue weighted by Gasteiger charge is -2.08. The van der Waals surface area contributed by atoms with E-state index >= 15 is 0 Å². The van der Waals surface area contributed by atoms with Gasteiger partial charge in [-0.2, -0.15) is 5.26 Å². The molecule has 0 aliphatic heterocycles. The zero-order valence-corrected chi connectivity index (χ0v) is 16.2. The maximum atomic E-state index is 12.2. The van der Waals surface area contributed by atoms with Gasteiger partial charge in [0.05, 0.1) is 5.69 Å². The highest BCUT2D eigenvalue weighted by atomic mass is 32.2. The highest BCUT2D eigenvalue weighted by molar-refractivity contribution is 7.98. The molecule has 0 aliphatic rings. The minimum Gasteiger partial charge on any atom is -0.302 e. The van der Waals surface area contributed by atoms with Gasteiger partial charge in [0.15, 0.2) is 16.6 Å². The van der Waals surface area contributed by atoms with Crippen LogP contribution in [0.4, 0.5) is 0 Å². The zero-order valence-electron chi connectivity index (χ0n) is 15.4. The molecule has 1 aromatic carbocycles. The van der Waals surface area contributed by atoms with Gasteiger partial charge in [-0.1, -0.05) is 35.5 Å². The van der Waals surface area contributed by atoms with Crippen molar-refractivity contribution in [3.05, 3.63) is 63.7 Å². The minimum atomic E-state index is -0.250. The average molecular weight is 391 g/mol. The largest absolute Gasteiger partial charge is 0.302 e. The number of benzene rings is 1. The fourth-order valence-electron chi connectivity index (χ4n) is 3.00. The minimum absolute atomic E-state index is 0.250. The Labute approximate surface area is 164 Å². The van der Waals surface area contributed by atoms with Crippen molar-refractivity contribution < 1.29 is 0 Å². The molecule has 0 radical (unpaired) electrons. The van der Waals surface area contributed by atoms with Gasteiger partial charge in [-0.05, 0) is 19.9 Å². The Morgan fingerprint density at radius 2 is 2.14 bits per heavy atom. The van der Waals surface area contributed by atoms with Crippen LogP contribution in [0.1, 0.15) is 23.7 Å². The van der Waals surface area contributed by atoms with E-state index in [-0.39, 0.29) is 5.56 Å². The Balaban J connectivity index is 1.63. The van der Waals surface area contributed by atoms with Gasteiger partial charge in [-0.25, -0.2) is 9.50 Å². The second kappa shape index (κ2) is 7.32. The molecule has 0 unspecified atom stereocenters. The average Bonchev–Trinajstić information content (AvgIpc) is 3.30. The standard InChI is InChI=1S/C19H17N7OS/c1-3-25-18(13-6-4-5-12(2)7-13)23-24-19(25)28-11-15-8-16(27)26-17(22-15)14(9-20)10-21-26/h4-8,10,21H,3,11H2,1-2H3. The number of nitrogens with zero attached hydrogens (tertiary/aromatic N) is 6. The Bertz CT molecular complexity index is 1260. The lowest BCUT2D eigenvalue weighted by atomic mass is 10.1. The zero-order chi connectivity index (χ0) is 19.7. The fraction of sp³-hybridized carbons (Fsp3) is 0.211. The van der Waals surface area contributed by atoms with Crippen molar-refractivity contribution in [2.45, 2.75) is 31.3 Å². The molecule has 0 spiro atoms. The van der Waals surface area contributed by atoms with Gasteiger partial charge >= 0.3 is 0 Å². The van der Waals surface area contributed by atoms with E-state index in [0.29, 0.717) is 22.7 Å². The summed E-state index contributed by atoms with van der Waals surface area (Å²) in [6.45, 7) is 4.81. The number of fused-ring (bicyclic) bond motifs is 1. The van der Waals surface area contributed by atoms with Crippen molar-refractivity contribution in [1.82, 2.24) is 29.4 Å². The molecule has 0 amide bonds. The SMILES string of the molecule is CCn1c(SCc2cc(=O)n3[nH]cc(C#N)c3n2)nnc1-c1cccc(C)c1. The van der Waals surface area contributed by atoms with Crippen LogP contribution < -0.4 is 5.56 Å². The fourth-order valence-corrected chi connectivity index (χ4v) is 3.90. The molecule has 28 heavy (non-hydrogen) atoms. The second-order valence-electron chi connectivity index (χ2n) is 6.25. The van der Waals surface area contributed by atoms with E-state index in [1.54, 1.807) is 0 Å². The first-order chi connectivity index (χ1) is 13.6. The number of aryl methyl sites for hydroxylation is 1. The maximum absolute atomic E-state index is 12.2. The molecule has 140 valence electrons. The summed E-state index contributed by atoms with van der Waals surface area (Å²) >= 11 is 1.46. The molecule has 0 aliphatic carbocycles. The van der Waals surface area contributed by atoms with Crippen molar-refractivity contribution in [1.29, 1.82) is 5.26 Å². The first-order valence-corrected chi connectivity index (χ1v) is 9.72. The summed E-state index contributed by atoms with van der Waals surface area (Å²) in [5, 5.41) is 21.3. The first kappa shape index (κ1) is 18.0. The molecule has 0 saturated carbocycles. The molecule has 0 fully saturated rings. The van der Waals surface area contributed by atoms with E-state index in [9.17, 15) is 4.79 Å². The van der Waals surface area contributed by atoms with Crippen LogP contribution in [0.5, 0.6) is 0 Å². The number of rotatable bonds is 5. The number of H-pyrrole nitrogens is 1. The summed E-state index contributed by atoms with van der Waals surface area (Å²) in [4.78, 5) is 16.7. The second-order valence-corrected chi connectivity index (χ2v) is 7.19. The first-order valence-electron chi connectivity index (χ1n) is 8.74. The predicted octanol–water partition coefficient (Wildman–Crippen LogP) is 2.77. The normalized spacial score (nSPS) is 11.0. The monoisotopic (exact) mass is 391 g/mol. The lowest BCUT2D eigenvalue weighted by Crippen LogP contribution is -2.15. The van der Waals surface area contributed by atoms with Gasteiger partial charge < -0.3 is 4.57 Å². The van der Waals surface area contributed by atoms with Crippen molar-refractivity contribution >= 4 is 17.4 Å². The number of hydrogen-bond acceptors (Lipinski definition) is 6. The summed E-state index contributed by atoms with van der Waals surface area (Å²) in [6.07, 6.45) is 1.47. The number of aromatic nitrogens is 6. The van der Waals surface area contributed by atoms with Crippen LogP contribution in [0.25, 0.3) is 17.0 Å². The molecule has 8 nitrogen and oxygen atoms in total. The highest BCUT2D eigenvalue weighted by Crippen LogP contribution is 2.26. The van der Waals surface area contributed by atoms with Gasteiger partial charge in [0, 0.05) is 30.1 Å². The van der Waals surface area contributed by atoms with Crippen molar-refractivity contribution in [2.75, 3.05) is 0 Å². The van der Waals surface area contributed by atoms with Crippen molar-refractivity contribution in [3.63, 3.8) is 0 Å². The van der Waals surface area contributed by atoms with E-state index < -0.39 is 0 Å². The molecule has 9 heteroatoms. The van der Waals surface area contributed by atoms with Gasteiger partial charge in [0.25, 0.3) is 5.56 Å². The summed E-state index contributed by atoms with van der Waals surface area (Å²) in [6, 6.07) is 11.6. The molecule has 4 aromatic rings. The quantitative estimate of drug-likeness (QED) is 0.525. The molecule has 4 rings (SSSR count). The van der Waals surface area contributed by atoms with Crippen LogP contribution in [0.2, 0.25) is 0 Å². The smallest absolute Gasteiger partial charge is 0.272 e. The van der Waals surface area contributed by atoms with Gasteiger partial charge in [0.2, 0.25) is 0 Å². The molecule has 0 saturated heterocycles. The Morgan fingerprint density at radius 3 is 2.89 bits per heavy atom. The van der Waals surface area contributed by atoms with Crippen molar-refractivity contribution in [3.8, 4) is 17.5 Å². The van der Waals surface area contributed by atoms with E-state index in [1.807, 2.05) is 42.7 Å². The number of nitrogens with one attached hydrogen (secondary N) is 1. The van der Waals surface area contributed by atoms with Crippen LogP contribution in [0.15, 0.2) is 46.5 Å². The summed E-state index contributed by atoms with van der Waals surface area (Å²) in [5.74, 6) is 1.27. The molecular weight excluding hydrogens is 374 g/mol. The number of aromatic amines is 1. The lowest BCUT2D eigenvalue weighted by molar-refractivity contribution is 0.687. The topological polar surface area (TPSA) is 105 Å². The van der Waals surface area contributed by atoms with Gasteiger partial charge in [-0.15, -0.1) is 10.2 Å². The van der Waals surface area contributed by atoms with Crippen LogP contribution in [0, 0.1) is 18.3 Å². The third-order valence-electron chi connectivity index (χ3n) is 4.33. The van der Waals surface area contributed by atoms with Crippen LogP contribution in [-0.2, 0) is 12.3 Å². The van der Waals surface area contributed by atoms with Gasteiger partial charge in [-0.3, -0.25) is 9.89 Å². The number of hydrogen-bond donors (Lipinski definition) is 1. The summed E-state index contributed by atoms with van der Waals surface area (Å²) in [7, 11) is 0. The van der Waals surface area contributed by atoms with E-state index in [0.717, 1.165) is 28.7 Å². The third-order valence-corrected chi connectivity index (χ3v) is 5.33. The highest BCUT2D eigenvalue weighted by Gasteiger charge is 2.15.